The zero-order valence-electron chi connectivity index (χ0n) is 10.6. The van der Waals surface area contributed by atoms with Crippen molar-refractivity contribution in [3.63, 3.8) is 0 Å². The van der Waals surface area contributed by atoms with E-state index in [-0.39, 0.29) is 6.04 Å². The molecule has 2 rings (SSSR count). The molecule has 1 unspecified atom stereocenters. The van der Waals surface area contributed by atoms with E-state index in [2.05, 4.69) is 16.8 Å². The Labute approximate surface area is 103 Å². The third-order valence-electron chi connectivity index (χ3n) is 3.65. The molecule has 2 N–H and O–H groups in total. The van der Waals surface area contributed by atoms with Gasteiger partial charge in [-0.3, -0.25) is 4.90 Å². The summed E-state index contributed by atoms with van der Waals surface area (Å²) >= 11 is 0. The fourth-order valence-corrected chi connectivity index (χ4v) is 2.50. The summed E-state index contributed by atoms with van der Waals surface area (Å²) in [5.74, 6) is 0. The van der Waals surface area contributed by atoms with Crippen LogP contribution < -0.4 is 5.73 Å². The predicted octanol–water partition coefficient (Wildman–Crippen LogP) is 1.31. The Morgan fingerprint density at radius 3 is 2.82 bits per heavy atom. The van der Waals surface area contributed by atoms with E-state index in [1.165, 1.54) is 31.5 Å². The van der Waals surface area contributed by atoms with Crippen LogP contribution in [0.5, 0.6) is 0 Å². The SMILES string of the molecule is CN(CCN1CCCC1)C(CN)c1ccoc1. The highest BCUT2D eigenvalue weighted by Gasteiger charge is 2.18. The molecule has 0 aromatic carbocycles. The quantitative estimate of drug-likeness (QED) is 0.810. The Balaban J connectivity index is 1.82. The molecular formula is C13H23N3O. The summed E-state index contributed by atoms with van der Waals surface area (Å²) in [6, 6.07) is 2.28. The van der Waals surface area contributed by atoms with Crippen LogP contribution in [-0.2, 0) is 0 Å². The van der Waals surface area contributed by atoms with Crippen molar-refractivity contribution in [1.29, 1.82) is 0 Å². The first-order valence-electron chi connectivity index (χ1n) is 6.46. The van der Waals surface area contributed by atoms with E-state index in [0.29, 0.717) is 6.54 Å². The van der Waals surface area contributed by atoms with E-state index in [1.54, 1.807) is 12.5 Å². The molecular weight excluding hydrogens is 214 g/mol. The van der Waals surface area contributed by atoms with Crippen LogP contribution >= 0.6 is 0 Å². The van der Waals surface area contributed by atoms with Gasteiger partial charge in [0, 0.05) is 31.2 Å². The fraction of sp³-hybridized carbons (Fsp3) is 0.692. The monoisotopic (exact) mass is 237 g/mol. The van der Waals surface area contributed by atoms with Crippen molar-refractivity contribution < 1.29 is 4.42 Å². The molecule has 0 aliphatic carbocycles. The summed E-state index contributed by atoms with van der Waals surface area (Å²) < 4.78 is 5.13. The van der Waals surface area contributed by atoms with Crippen molar-refractivity contribution in [1.82, 2.24) is 9.80 Å². The summed E-state index contributed by atoms with van der Waals surface area (Å²) in [5.41, 5.74) is 7.03. The van der Waals surface area contributed by atoms with E-state index < -0.39 is 0 Å². The lowest BCUT2D eigenvalue weighted by atomic mass is 10.1. The number of likely N-dealkylation sites (tertiary alicyclic amines) is 1. The van der Waals surface area contributed by atoms with Crippen LogP contribution in [0.2, 0.25) is 0 Å². The molecule has 0 saturated carbocycles. The molecule has 1 aliphatic rings. The molecule has 1 aromatic heterocycles. The Morgan fingerprint density at radius 1 is 1.47 bits per heavy atom. The second-order valence-electron chi connectivity index (χ2n) is 4.84. The van der Waals surface area contributed by atoms with E-state index >= 15 is 0 Å². The van der Waals surface area contributed by atoms with Crippen molar-refractivity contribution in [2.75, 3.05) is 39.8 Å². The van der Waals surface area contributed by atoms with E-state index in [9.17, 15) is 0 Å². The molecule has 0 radical (unpaired) electrons. The second kappa shape index (κ2) is 6.19. The Bertz CT molecular complexity index is 306. The van der Waals surface area contributed by atoms with Crippen molar-refractivity contribution >= 4 is 0 Å². The number of likely N-dealkylation sites (N-methyl/N-ethyl adjacent to an activating group) is 1. The van der Waals surface area contributed by atoms with Crippen LogP contribution in [0.4, 0.5) is 0 Å². The van der Waals surface area contributed by atoms with Crippen molar-refractivity contribution in [3.05, 3.63) is 24.2 Å². The van der Waals surface area contributed by atoms with Gasteiger partial charge in [0.2, 0.25) is 0 Å². The number of nitrogens with zero attached hydrogens (tertiary/aromatic N) is 2. The molecule has 1 aromatic rings. The van der Waals surface area contributed by atoms with Gasteiger partial charge in [-0.25, -0.2) is 0 Å². The average Bonchev–Trinajstić information content (AvgIpc) is 3.00. The summed E-state index contributed by atoms with van der Waals surface area (Å²) in [5, 5.41) is 0. The number of hydrogen-bond donors (Lipinski definition) is 1. The molecule has 17 heavy (non-hydrogen) atoms. The van der Waals surface area contributed by atoms with Gasteiger partial charge < -0.3 is 15.1 Å². The predicted molar refractivity (Wildman–Crippen MR) is 68.8 cm³/mol. The van der Waals surface area contributed by atoms with Gasteiger partial charge in [-0.1, -0.05) is 0 Å². The normalized spacial score (nSPS) is 19.0. The van der Waals surface area contributed by atoms with Crippen molar-refractivity contribution in [2.45, 2.75) is 18.9 Å². The largest absolute Gasteiger partial charge is 0.472 e. The highest BCUT2D eigenvalue weighted by Crippen LogP contribution is 2.18. The van der Waals surface area contributed by atoms with E-state index in [1.807, 2.05) is 6.07 Å². The van der Waals surface area contributed by atoms with Crippen LogP contribution in [0, 0.1) is 0 Å². The minimum atomic E-state index is 0.274. The van der Waals surface area contributed by atoms with Gasteiger partial charge >= 0.3 is 0 Å². The third kappa shape index (κ3) is 3.31. The highest BCUT2D eigenvalue weighted by atomic mass is 16.3. The minimum absolute atomic E-state index is 0.274. The molecule has 1 saturated heterocycles. The summed E-state index contributed by atoms with van der Waals surface area (Å²) in [4.78, 5) is 4.85. The standard InChI is InChI=1S/C13H23N3O/c1-15(7-8-16-5-2-3-6-16)13(10-14)12-4-9-17-11-12/h4,9,11,13H,2-3,5-8,10,14H2,1H3. The Morgan fingerprint density at radius 2 is 2.24 bits per heavy atom. The van der Waals surface area contributed by atoms with Crippen LogP contribution in [0.1, 0.15) is 24.4 Å². The molecule has 2 heterocycles. The van der Waals surface area contributed by atoms with E-state index in [4.69, 9.17) is 10.2 Å². The maximum atomic E-state index is 5.85. The molecule has 0 bridgehead atoms. The average molecular weight is 237 g/mol. The molecule has 0 spiro atoms. The lowest BCUT2D eigenvalue weighted by molar-refractivity contribution is 0.209. The number of furan rings is 1. The minimum Gasteiger partial charge on any atom is -0.472 e. The van der Waals surface area contributed by atoms with Gasteiger partial charge in [0.05, 0.1) is 12.5 Å². The summed E-state index contributed by atoms with van der Waals surface area (Å²) in [7, 11) is 2.14. The van der Waals surface area contributed by atoms with Crippen LogP contribution in [0.25, 0.3) is 0 Å². The third-order valence-corrected chi connectivity index (χ3v) is 3.65. The van der Waals surface area contributed by atoms with Crippen LogP contribution in [-0.4, -0.2) is 49.6 Å². The first-order valence-corrected chi connectivity index (χ1v) is 6.46. The van der Waals surface area contributed by atoms with Crippen molar-refractivity contribution in [3.8, 4) is 0 Å². The van der Waals surface area contributed by atoms with E-state index in [0.717, 1.165) is 13.1 Å². The fourth-order valence-electron chi connectivity index (χ4n) is 2.50. The zero-order valence-corrected chi connectivity index (χ0v) is 10.6. The first-order chi connectivity index (χ1) is 8.31. The lowest BCUT2D eigenvalue weighted by Crippen LogP contribution is -2.36. The first kappa shape index (κ1) is 12.6. The summed E-state index contributed by atoms with van der Waals surface area (Å²) in [6.45, 7) is 5.35. The van der Waals surface area contributed by atoms with Crippen molar-refractivity contribution in [2.24, 2.45) is 5.73 Å². The topological polar surface area (TPSA) is 45.6 Å². The summed E-state index contributed by atoms with van der Waals surface area (Å²) in [6.07, 6.45) is 6.22. The Hall–Kier alpha value is -0.840. The van der Waals surface area contributed by atoms with Gasteiger partial charge in [0.25, 0.3) is 0 Å². The molecule has 0 amide bonds. The number of nitrogens with two attached hydrogens (primary N) is 1. The zero-order chi connectivity index (χ0) is 12.1. The van der Waals surface area contributed by atoms with Gasteiger partial charge in [0.15, 0.2) is 0 Å². The molecule has 4 heteroatoms. The second-order valence-corrected chi connectivity index (χ2v) is 4.84. The molecule has 1 fully saturated rings. The number of rotatable bonds is 6. The molecule has 1 aliphatic heterocycles. The maximum Gasteiger partial charge on any atom is 0.0950 e. The maximum absolute atomic E-state index is 5.85. The van der Waals surface area contributed by atoms with Gasteiger partial charge in [-0.15, -0.1) is 0 Å². The Kier molecular flexibility index (Phi) is 4.59. The van der Waals surface area contributed by atoms with Crippen LogP contribution in [0.3, 0.4) is 0 Å². The molecule has 1 atom stereocenters. The lowest BCUT2D eigenvalue weighted by Gasteiger charge is -2.28. The van der Waals surface area contributed by atoms with Gasteiger partial charge in [-0.2, -0.15) is 0 Å². The highest BCUT2D eigenvalue weighted by molar-refractivity contribution is 5.12. The smallest absolute Gasteiger partial charge is 0.0950 e. The molecule has 4 nitrogen and oxygen atoms in total. The van der Waals surface area contributed by atoms with Crippen LogP contribution in [0.15, 0.2) is 23.0 Å². The molecule has 96 valence electrons. The van der Waals surface area contributed by atoms with Gasteiger partial charge in [-0.05, 0) is 39.0 Å². The number of hydrogen-bond acceptors (Lipinski definition) is 4. The van der Waals surface area contributed by atoms with Gasteiger partial charge in [0.1, 0.15) is 0 Å².